The number of anilines is 2. The Morgan fingerprint density at radius 3 is 1.19 bits per heavy atom. The SMILES string of the molecule is CN1c2cc(-n3c4ccc(-n5c6ccccc6c6ccccc65)cc4c4cc(-n5c6ccccc6c6ccccc65)ccc43)ccc2C(c2ccccc2)(c2ccccc2)n2c1nc1ccccc12. The highest BCUT2D eigenvalue weighted by Gasteiger charge is 2.47. The summed E-state index contributed by atoms with van der Waals surface area (Å²) in [4.78, 5) is 7.69. The third kappa shape index (κ3) is 5.12. The van der Waals surface area contributed by atoms with Crippen molar-refractivity contribution >= 4 is 88.1 Å². The molecule has 0 atom stereocenters. The maximum atomic E-state index is 5.40. The molecule has 0 N–H and O–H groups in total. The fraction of sp³-hybridized carbons (Fsp3) is 0.0317. The molecule has 69 heavy (non-hydrogen) atoms. The van der Waals surface area contributed by atoms with Crippen molar-refractivity contribution in [1.29, 1.82) is 0 Å². The second-order valence-corrected chi connectivity index (χ2v) is 18.4. The van der Waals surface area contributed by atoms with Crippen LogP contribution in [0.15, 0.2) is 237 Å². The first kappa shape index (κ1) is 38.0. The molecule has 0 aliphatic carbocycles. The third-order valence-electron chi connectivity index (χ3n) is 15.0. The Hall–Kier alpha value is -9.13. The monoisotopic (exact) mass is 882 g/mol. The van der Waals surface area contributed by atoms with Crippen LogP contribution < -0.4 is 4.90 Å². The van der Waals surface area contributed by atoms with E-state index in [4.69, 9.17) is 4.98 Å². The van der Waals surface area contributed by atoms with E-state index in [0.717, 1.165) is 50.8 Å². The van der Waals surface area contributed by atoms with Gasteiger partial charge in [-0.3, -0.25) is 4.57 Å². The van der Waals surface area contributed by atoms with Crippen LogP contribution in [0.2, 0.25) is 0 Å². The fourth-order valence-corrected chi connectivity index (χ4v) is 12.1. The molecule has 10 aromatic carbocycles. The van der Waals surface area contributed by atoms with Crippen molar-refractivity contribution in [3.63, 3.8) is 0 Å². The van der Waals surface area contributed by atoms with E-state index in [1.54, 1.807) is 0 Å². The first-order chi connectivity index (χ1) is 34.2. The van der Waals surface area contributed by atoms with E-state index >= 15 is 0 Å². The van der Waals surface area contributed by atoms with Crippen LogP contribution in [0.5, 0.6) is 0 Å². The molecule has 0 radical (unpaired) electrons. The summed E-state index contributed by atoms with van der Waals surface area (Å²) < 4.78 is 9.78. The molecule has 15 rings (SSSR count). The fourth-order valence-electron chi connectivity index (χ4n) is 12.1. The number of benzene rings is 10. The van der Waals surface area contributed by atoms with Gasteiger partial charge in [0.05, 0.1) is 49.8 Å². The largest absolute Gasteiger partial charge is 0.315 e. The molecule has 6 nitrogen and oxygen atoms in total. The molecule has 0 bridgehead atoms. The molecule has 0 fully saturated rings. The van der Waals surface area contributed by atoms with Crippen molar-refractivity contribution in [1.82, 2.24) is 23.3 Å². The topological polar surface area (TPSA) is 35.9 Å². The van der Waals surface area contributed by atoms with Gasteiger partial charge in [-0.1, -0.05) is 152 Å². The Labute approximate surface area is 397 Å². The Balaban J connectivity index is 1.02. The summed E-state index contributed by atoms with van der Waals surface area (Å²) in [6, 6.07) is 86.7. The minimum Gasteiger partial charge on any atom is -0.315 e. The Morgan fingerprint density at radius 2 is 0.710 bits per heavy atom. The summed E-state index contributed by atoms with van der Waals surface area (Å²) in [6.45, 7) is 0. The Morgan fingerprint density at radius 1 is 0.333 bits per heavy atom. The Bertz CT molecular complexity index is 4080. The van der Waals surface area contributed by atoms with Gasteiger partial charge in [-0.05, 0) is 96.1 Å². The maximum absolute atomic E-state index is 5.40. The van der Waals surface area contributed by atoms with Crippen LogP contribution in [0.4, 0.5) is 11.6 Å². The molecule has 14 aromatic rings. The van der Waals surface area contributed by atoms with E-state index in [9.17, 15) is 0 Å². The van der Waals surface area contributed by atoms with E-state index < -0.39 is 5.54 Å². The zero-order chi connectivity index (χ0) is 45.4. The van der Waals surface area contributed by atoms with Crippen molar-refractivity contribution in [3.05, 3.63) is 253 Å². The second-order valence-electron chi connectivity index (χ2n) is 18.4. The molecule has 1 aliphatic heterocycles. The quantitative estimate of drug-likeness (QED) is 0.173. The van der Waals surface area contributed by atoms with Gasteiger partial charge in [0.2, 0.25) is 5.95 Å². The van der Waals surface area contributed by atoms with E-state index in [1.165, 1.54) is 71.1 Å². The first-order valence-electron chi connectivity index (χ1n) is 23.7. The number of fused-ring (bicyclic) bond motifs is 13. The maximum Gasteiger partial charge on any atom is 0.212 e. The minimum atomic E-state index is -0.719. The van der Waals surface area contributed by atoms with Crippen LogP contribution in [0.3, 0.4) is 0 Å². The molecule has 4 aromatic heterocycles. The molecular weight excluding hydrogens is 841 g/mol. The normalized spacial score (nSPS) is 13.4. The predicted octanol–water partition coefficient (Wildman–Crippen LogP) is 15.2. The van der Waals surface area contributed by atoms with Gasteiger partial charge in [-0.25, -0.2) is 4.98 Å². The average molecular weight is 883 g/mol. The molecule has 0 saturated carbocycles. The number of para-hydroxylation sites is 6. The molecule has 1 aliphatic rings. The van der Waals surface area contributed by atoms with Crippen LogP contribution >= 0.6 is 0 Å². The lowest BCUT2D eigenvalue weighted by molar-refractivity contribution is 0.517. The molecule has 0 amide bonds. The van der Waals surface area contributed by atoms with Crippen molar-refractivity contribution < 1.29 is 0 Å². The van der Waals surface area contributed by atoms with Crippen molar-refractivity contribution in [2.45, 2.75) is 5.54 Å². The molecule has 5 heterocycles. The van der Waals surface area contributed by atoms with Gasteiger partial charge in [0, 0.05) is 62.0 Å². The summed E-state index contributed by atoms with van der Waals surface area (Å²) in [6.07, 6.45) is 0. The van der Waals surface area contributed by atoms with E-state index in [2.05, 4.69) is 267 Å². The molecule has 324 valence electrons. The lowest BCUT2D eigenvalue weighted by Gasteiger charge is -2.45. The summed E-state index contributed by atoms with van der Waals surface area (Å²) in [7, 11) is 2.17. The summed E-state index contributed by atoms with van der Waals surface area (Å²) in [5.41, 5.74) is 16.3. The number of nitrogens with zero attached hydrogens (tertiary/aromatic N) is 6. The number of imidazole rings is 1. The molecular formula is C63H42N6. The van der Waals surface area contributed by atoms with E-state index in [1.807, 2.05) is 0 Å². The van der Waals surface area contributed by atoms with Crippen LogP contribution in [0.1, 0.15) is 16.7 Å². The van der Waals surface area contributed by atoms with Gasteiger partial charge in [0.15, 0.2) is 0 Å². The van der Waals surface area contributed by atoms with Gasteiger partial charge < -0.3 is 18.6 Å². The smallest absolute Gasteiger partial charge is 0.212 e. The van der Waals surface area contributed by atoms with Crippen LogP contribution in [0, 0.1) is 0 Å². The number of rotatable bonds is 5. The van der Waals surface area contributed by atoms with Gasteiger partial charge in [-0.15, -0.1) is 0 Å². The minimum absolute atomic E-state index is 0.719. The highest BCUT2D eigenvalue weighted by molar-refractivity contribution is 6.14. The lowest BCUT2D eigenvalue weighted by Crippen LogP contribution is -2.43. The predicted molar refractivity (Wildman–Crippen MR) is 285 cm³/mol. The van der Waals surface area contributed by atoms with Crippen LogP contribution in [-0.2, 0) is 5.54 Å². The van der Waals surface area contributed by atoms with Crippen LogP contribution in [0.25, 0.3) is 93.5 Å². The van der Waals surface area contributed by atoms with E-state index in [0.29, 0.717) is 0 Å². The lowest BCUT2D eigenvalue weighted by atomic mass is 9.74. The number of aromatic nitrogens is 5. The summed E-state index contributed by atoms with van der Waals surface area (Å²) in [5, 5.41) is 7.36. The average Bonchev–Trinajstić information content (AvgIpc) is 4.16. The molecule has 6 heteroatoms. The van der Waals surface area contributed by atoms with Crippen LogP contribution in [-0.4, -0.2) is 30.3 Å². The van der Waals surface area contributed by atoms with E-state index in [-0.39, 0.29) is 0 Å². The molecule has 0 saturated heterocycles. The van der Waals surface area contributed by atoms with Crippen molar-refractivity contribution in [3.8, 4) is 17.1 Å². The molecule has 0 spiro atoms. The Kier molecular flexibility index (Phi) is 7.82. The summed E-state index contributed by atoms with van der Waals surface area (Å²) >= 11 is 0. The number of hydrogen-bond donors (Lipinski definition) is 0. The third-order valence-corrected chi connectivity index (χ3v) is 15.0. The van der Waals surface area contributed by atoms with Gasteiger partial charge in [-0.2, -0.15) is 0 Å². The zero-order valence-corrected chi connectivity index (χ0v) is 37.7. The first-order valence-corrected chi connectivity index (χ1v) is 23.7. The number of hydrogen-bond acceptors (Lipinski definition) is 2. The highest BCUT2D eigenvalue weighted by Crippen LogP contribution is 2.53. The standard InChI is InChI=1S/C63H42N6/c1-65-61-40-45(32-35-52(61)63(41-18-4-2-5-19-41,42-20-6-3-7-21-42)69-60-31-17-12-26-53(60)64-62(65)69)68-58-36-33-43(66-54-27-13-8-22-46(54)47-23-9-14-28-55(47)66)38-50(58)51-39-44(34-37-59(51)68)67-56-29-15-10-24-48(56)49-25-11-16-30-57(49)67/h2-40H,1H3. The zero-order valence-electron chi connectivity index (χ0n) is 37.7. The van der Waals surface area contributed by atoms with Crippen molar-refractivity contribution in [2.75, 3.05) is 11.9 Å². The second kappa shape index (κ2) is 14.2. The van der Waals surface area contributed by atoms with Gasteiger partial charge in [0.25, 0.3) is 0 Å². The molecule has 0 unspecified atom stereocenters. The van der Waals surface area contributed by atoms with Crippen molar-refractivity contribution in [2.24, 2.45) is 0 Å². The summed E-state index contributed by atoms with van der Waals surface area (Å²) in [5.74, 6) is 0.891. The van der Waals surface area contributed by atoms with Gasteiger partial charge >= 0.3 is 0 Å². The van der Waals surface area contributed by atoms with Gasteiger partial charge in [0.1, 0.15) is 5.54 Å². The highest BCUT2D eigenvalue weighted by atomic mass is 15.4.